The van der Waals surface area contributed by atoms with Crippen LogP contribution in [0.25, 0.3) is 10.9 Å². The van der Waals surface area contributed by atoms with Gasteiger partial charge in [0.1, 0.15) is 5.82 Å². The molecule has 33 heavy (non-hydrogen) atoms. The van der Waals surface area contributed by atoms with Gasteiger partial charge in [-0.05, 0) is 57.6 Å². The van der Waals surface area contributed by atoms with Crippen LogP contribution in [0.2, 0.25) is 0 Å². The molecule has 6 nitrogen and oxygen atoms in total. The van der Waals surface area contributed by atoms with Crippen LogP contribution in [0.1, 0.15) is 43.5 Å². The minimum Gasteiger partial charge on any atom is -0.369 e. The molecule has 1 aromatic heterocycles. The second kappa shape index (κ2) is 10.3. The summed E-state index contributed by atoms with van der Waals surface area (Å²) >= 11 is 0. The predicted molar refractivity (Wildman–Crippen MR) is 134 cm³/mol. The number of hydrogen-bond acceptors (Lipinski definition) is 5. The summed E-state index contributed by atoms with van der Waals surface area (Å²) < 4.78 is 0. The van der Waals surface area contributed by atoms with E-state index in [4.69, 9.17) is 9.97 Å². The molecular weight excluding hydrogens is 410 g/mol. The minimum atomic E-state index is -0.430. The fourth-order valence-electron chi connectivity index (χ4n) is 4.94. The van der Waals surface area contributed by atoms with Crippen LogP contribution in [0, 0.1) is 0 Å². The van der Waals surface area contributed by atoms with Crippen LogP contribution in [0.15, 0.2) is 54.6 Å². The molecule has 1 heterocycles. The molecule has 1 aliphatic carbocycles. The Bertz CT molecular complexity index is 1080. The average Bonchev–Trinajstić information content (AvgIpc) is 3.33. The standard InChI is InChI=1S/C27H35N5O/c1-31(2)19-11-18-28-25-22-14-7-8-15-23(22)29-24(30-25)20-32(3)26(33)27(16-9-10-17-27)21-12-5-4-6-13-21/h4-8,12-15H,9-11,16-20H2,1-3H3,(H,28,29,30). The molecule has 4 rings (SSSR count). The van der Waals surface area contributed by atoms with E-state index in [1.165, 1.54) is 0 Å². The summed E-state index contributed by atoms with van der Waals surface area (Å²) in [6, 6.07) is 18.3. The SMILES string of the molecule is CN(C)CCCNc1nc(CN(C)C(=O)C2(c3ccccc3)CCCC2)nc2ccccc12. The molecule has 1 aliphatic rings. The van der Waals surface area contributed by atoms with Crippen molar-refractivity contribution < 1.29 is 4.79 Å². The Labute approximate surface area is 197 Å². The molecule has 0 atom stereocenters. The number of para-hydroxylation sites is 1. The molecule has 1 fully saturated rings. The molecule has 0 saturated heterocycles. The number of likely N-dealkylation sites (N-methyl/N-ethyl adjacent to an activating group) is 1. The fraction of sp³-hybridized carbons (Fsp3) is 0.444. The van der Waals surface area contributed by atoms with Gasteiger partial charge in [0.25, 0.3) is 0 Å². The molecule has 1 amide bonds. The van der Waals surface area contributed by atoms with E-state index < -0.39 is 5.41 Å². The first-order chi connectivity index (χ1) is 16.0. The number of nitrogens with one attached hydrogen (secondary N) is 1. The van der Waals surface area contributed by atoms with Gasteiger partial charge in [-0.15, -0.1) is 0 Å². The smallest absolute Gasteiger partial charge is 0.233 e. The Kier molecular flexibility index (Phi) is 7.23. The van der Waals surface area contributed by atoms with Gasteiger partial charge in [0, 0.05) is 19.0 Å². The number of carbonyl (C=O) groups is 1. The number of carbonyl (C=O) groups excluding carboxylic acids is 1. The summed E-state index contributed by atoms with van der Waals surface area (Å²) in [5.74, 6) is 1.68. The van der Waals surface area contributed by atoms with Crippen LogP contribution in [0.3, 0.4) is 0 Å². The molecule has 2 aromatic carbocycles. The highest BCUT2D eigenvalue weighted by Crippen LogP contribution is 2.42. The molecule has 0 aliphatic heterocycles. The Morgan fingerprint density at radius 2 is 1.67 bits per heavy atom. The molecule has 0 radical (unpaired) electrons. The first-order valence-electron chi connectivity index (χ1n) is 11.9. The van der Waals surface area contributed by atoms with Gasteiger partial charge >= 0.3 is 0 Å². The van der Waals surface area contributed by atoms with E-state index in [9.17, 15) is 4.79 Å². The van der Waals surface area contributed by atoms with Crippen molar-refractivity contribution in [2.75, 3.05) is 39.5 Å². The Hall–Kier alpha value is -2.99. The zero-order valence-electron chi connectivity index (χ0n) is 20.1. The highest BCUT2D eigenvalue weighted by atomic mass is 16.2. The number of anilines is 1. The summed E-state index contributed by atoms with van der Waals surface area (Å²) in [5.41, 5.74) is 1.60. The quantitative estimate of drug-likeness (QED) is 0.493. The van der Waals surface area contributed by atoms with Gasteiger partial charge in [-0.1, -0.05) is 55.3 Å². The molecule has 1 N–H and O–H groups in total. The van der Waals surface area contributed by atoms with E-state index >= 15 is 0 Å². The van der Waals surface area contributed by atoms with E-state index in [0.717, 1.165) is 67.5 Å². The van der Waals surface area contributed by atoms with Crippen LogP contribution in [-0.4, -0.2) is 59.9 Å². The van der Waals surface area contributed by atoms with Gasteiger partial charge in [-0.3, -0.25) is 4.79 Å². The van der Waals surface area contributed by atoms with E-state index in [1.807, 2.05) is 54.4 Å². The maximum Gasteiger partial charge on any atom is 0.233 e. The molecule has 174 valence electrons. The average molecular weight is 446 g/mol. The van der Waals surface area contributed by atoms with Gasteiger partial charge in [0.05, 0.1) is 17.5 Å². The van der Waals surface area contributed by atoms with Crippen molar-refractivity contribution in [2.45, 2.75) is 44.1 Å². The first kappa shape index (κ1) is 23.2. The summed E-state index contributed by atoms with van der Waals surface area (Å²) in [4.78, 5) is 27.4. The second-order valence-electron chi connectivity index (χ2n) is 9.41. The van der Waals surface area contributed by atoms with Crippen LogP contribution < -0.4 is 5.32 Å². The molecule has 0 spiro atoms. The number of amides is 1. The Morgan fingerprint density at radius 1 is 0.970 bits per heavy atom. The molecule has 3 aromatic rings. The number of nitrogens with zero attached hydrogens (tertiary/aromatic N) is 4. The van der Waals surface area contributed by atoms with Crippen molar-refractivity contribution in [1.29, 1.82) is 0 Å². The molecule has 0 bridgehead atoms. The third-order valence-electron chi connectivity index (χ3n) is 6.64. The van der Waals surface area contributed by atoms with Crippen molar-refractivity contribution in [1.82, 2.24) is 19.8 Å². The zero-order chi connectivity index (χ0) is 23.3. The van der Waals surface area contributed by atoms with Crippen molar-refractivity contribution >= 4 is 22.6 Å². The summed E-state index contributed by atoms with van der Waals surface area (Å²) in [7, 11) is 6.04. The Balaban J connectivity index is 1.55. The highest BCUT2D eigenvalue weighted by Gasteiger charge is 2.44. The summed E-state index contributed by atoms with van der Waals surface area (Å²) in [6.45, 7) is 2.25. The lowest BCUT2D eigenvalue weighted by atomic mass is 9.77. The molecule has 1 saturated carbocycles. The van der Waals surface area contributed by atoms with Crippen molar-refractivity contribution in [2.24, 2.45) is 0 Å². The number of hydrogen-bond donors (Lipinski definition) is 1. The van der Waals surface area contributed by atoms with E-state index in [2.05, 4.69) is 36.4 Å². The predicted octanol–water partition coefficient (Wildman–Crippen LogP) is 4.46. The van der Waals surface area contributed by atoms with Gasteiger partial charge < -0.3 is 15.1 Å². The van der Waals surface area contributed by atoms with Gasteiger partial charge in [-0.25, -0.2) is 9.97 Å². The molecule has 6 heteroatoms. The van der Waals surface area contributed by atoms with E-state index in [0.29, 0.717) is 12.4 Å². The van der Waals surface area contributed by atoms with Crippen LogP contribution >= 0.6 is 0 Å². The normalized spacial score (nSPS) is 15.2. The maximum atomic E-state index is 13.7. The number of fused-ring (bicyclic) bond motifs is 1. The number of rotatable bonds is 9. The van der Waals surface area contributed by atoms with Gasteiger partial charge in [0.15, 0.2) is 5.82 Å². The van der Waals surface area contributed by atoms with Gasteiger partial charge in [-0.2, -0.15) is 0 Å². The lowest BCUT2D eigenvalue weighted by Gasteiger charge is -2.32. The van der Waals surface area contributed by atoms with Crippen molar-refractivity contribution in [3.63, 3.8) is 0 Å². The van der Waals surface area contributed by atoms with E-state index in [1.54, 1.807) is 0 Å². The number of benzene rings is 2. The monoisotopic (exact) mass is 445 g/mol. The van der Waals surface area contributed by atoms with E-state index in [-0.39, 0.29) is 5.91 Å². The minimum absolute atomic E-state index is 0.170. The topological polar surface area (TPSA) is 61.4 Å². The number of aromatic nitrogens is 2. The lowest BCUT2D eigenvalue weighted by Crippen LogP contribution is -2.43. The second-order valence-corrected chi connectivity index (χ2v) is 9.41. The van der Waals surface area contributed by atoms with Crippen molar-refractivity contribution in [3.05, 3.63) is 66.0 Å². The first-order valence-corrected chi connectivity index (χ1v) is 11.9. The summed E-state index contributed by atoms with van der Waals surface area (Å²) in [5, 5.41) is 4.50. The van der Waals surface area contributed by atoms with Crippen LogP contribution in [0.5, 0.6) is 0 Å². The van der Waals surface area contributed by atoms with Crippen LogP contribution in [-0.2, 0) is 16.8 Å². The molecule has 0 unspecified atom stereocenters. The Morgan fingerprint density at radius 3 is 2.39 bits per heavy atom. The summed E-state index contributed by atoms with van der Waals surface area (Å²) in [6.07, 6.45) is 5.00. The third kappa shape index (κ3) is 5.17. The lowest BCUT2D eigenvalue weighted by molar-refractivity contribution is -0.136. The van der Waals surface area contributed by atoms with Gasteiger partial charge in [0.2, 0.25) is 5.91 Å². The maximum absolute atomic E-state index is 13.7. The zero-order valence-corrected chi connectivity index (χ0v) is 20.1. The van der Waals surface area contributed by atoms with Crippen LogP contribution in [0.4, 0.5) is 5.82 Å². The highest BCUT2D eigenvalue weighted by molar-refractivity contribution is 5.90. The third-order valence-corrected chi connectivity index (χ3v) is 6.64. The largest absolute Gasteiger partial charge is 0.369 e. The molecular formula is C27H35N5O. The fourth-order valence-corrected chi connectivity index (χ4v) is 4.94. The van der Waals surface area contributed by atoms with Crippen molar-refractivity contribution in [3.8, 4) is 0 Å².